The number of benzene rings is 3. The third kappa shape index (κ3) is 6.87. The molecule has 0 saturated carbocycles. The van der Waals surface area contributed by atoms with Gasteiger partial charge in [-0.25, -0.2) is 8.42 Å². The van der Waals surface area contributed by atoms with E-state index in [0.717, 1.165) is 28.8 Å². The Hall–Kier alpha value is -2.98. The summed E-state index contributed by atoms with van der Waals surface area (Å²) in [6.45, 7) is 5.28. The first-order valence-corrected chi connectivity index (χ1v) is 15.1. The molecule has 0 fully saturated rings. The average Bonchev–Trinajstić information content (AvgIpc) is 3.29. The van der Waals surface area contributed by atoms with Gasteiger partial charge in [0.1, 0.15) is 0 Å². The van der Waals surface area contributed by atoms with Gasteiger partial charge in [0, 0.05) is 63.4 Å². The lowest BCUT2D eigenvalue weighted by Gasteiger charge is -2.28. The van der Waals surface area contributed by atoms with E-state index < -0.39 is 26.9 Å². The summed E-state index contributed by atoms with van der Waals surface area (Å²) in [6, 6.07) is 22.9. The minimum atomic E-state index is -3.71. The van der Waals surface area contributed by atoms with Gasteiger partial charge >= 0.3 is 0 Å². The molecule has 0 bridgehead atoms. The first-order chi connectivity index (χ1) is 17.5. The van der Waals surface area contributed by atoms with Crippen LogP contribution in [0, 0.1) is 0 Å². The lowest BCUT2D eigenvalue weighted by Crippen LogP contribution is -2.42. The fourth-order valence-corrected chi connectivity index (χ4v) is 5.78. The number of aliphatic hydroxyl groups is 1. The van der Waals surface area contributed by atoms with Gasteiger partial charge < -0.3 is 15.0 Å². The highest BCUT2D eigenvalue weighted by Crippen LogP contribution is 2.23. The van der Waals surface area contributed by atoms with Crippen molar-refractivity contribution < 1.29 is 17.7 Å². The van der Waals surface area contributed by atoms with Gasteiger partial charge in [0.25, 0.3) is 10.0 Å². The quantitative estimate of drug-likeness (QED) is 0.257. The van der Waals surface area contributed by atoms with E-state index in [1.807, 2.05) is 30.5 Å². The number of hydrogen-bond donors (Lipinski definition) is 3. The summed E-state index contributed by atoms with van der Waals surface area (Å²) in [6.07, 6.45) is 3.74. The maximum Gasteiger partial charge on any atom is 0.261 e. The van der Waals surface area contributed by atoms with Gasteiger partial charge in [0.2, 0.25) is 0 Å². The second-order valence-electron chi connectivity index (χ2n) is 9.76. The van der Waals surface area contributed by atoms with E-state index >= 15 is 0 Å². The molecule has 2 atom stereocenters. The second kappa shape index (κ2) is 11.2. The number of sulfonamides is 1. The molecule has 4 rings (SSSR count). The number of fused-ring (bicyclic) bond motifs is 1. The lowest BCUT2D eigenvalue weighted by atomic mass is 9.99. The molecule has 0 saturated heterocycles. The average molecular weight is 540 g/mol. The maximum absolute atomic E-state index is 12.6. The largest absolute Gasteiger partial charge is 0.387 e. The van der Waals surface area contributed by atoms with Crippen LogP contribution in [0.15, 0.2) is 94.9 Å². The Balaban J connectivity index is 1.35. The van der Waals surface area contributed by atoms with Gasteiger partial charge in [-0.1, -0.05) is 30.3 Å². The molecule has 1 aromatic heterocycles. The van der Waals surface area contributed by atoms with E-state index in [1.54, 1.807) is 48.7 Å². The van der Waals surface area contributed by atoms with Gasteiger partial charge in [-0.2, -0.15) is 0 Å². The fourth-order valence-electron chi connectivity index (χ4n) is 4.15. The van der Waals surface area contributed by atoms with Crippen molar-refractivity contribution in [1.82, 2.24) is 9.88 Å². The summed E-state index contributed by atoms with van der Waals surface area (Å²) in [5, 5.41) is 15.3. The van der Waals surface area contributed by atoms with Gasteiger partial charge in [-0.05, 0) is 74.4 Å². The number of β-amino-alcohol motifs (C(OH)–C–C–N with tert-alkyl or cyclic N) is 1. The Morgan fingerprint density at radius 3 is 2.49 bits per heavy atom. The number of nitrogens with zero attached hydrogens (tertiary/aromatic N) is 1. The standard InChI is InChI=1S/C28H33N3O4S2/c1-28(2,15-17-31-16-14-21-19-24(36(3)33)12-13-26(21)31)29-20-27(32)22-8-7-9-23(18-22)30-37(34,35)25-10-5-4-6-11-25/h4-14,16,18-19,27,29-30,32H,15,17,20H2,1-3H3/t27-,36?/m0/s1. The molecule has 196 valence electrons. The zero-order valence-corrected chi connectivity index (χ0v) is 22.9. The summed E-state index contributed by atoms with van der Waals surface area (Å²) in [5.41, 5.74) is 1.86. The molecule has 0 radical (unpaired) electrons. The summed E-state index contributed by atoms with van der Waals surface area (Å²) < 4.78 is 41.8. The Labute approximate surface area is 221 Å². The van der Waals surface area contributed by atoms with Crippen molar-refractivity contribution >= 4 is 37.4 Å². The number of aryl methyl sites for hydroxylation is 1. The summed E-state index contributed by atoms with van der Waals surface area (Å²) in [5.74, 6) is 0. The third-order valence-electron chi connectivity index (χ3n) is 6.40. The zero-order valence-electron chi connectivity index (χ0n) is 21.2. The van der Waals surface area contributed by atoms with E-state index in [-0.39, 0.29) is 10.4 Å². The molecular weight excluding hydrogens is 506 g/mol. The molecule has 1 unspecified atom stereocenters. The van der Waals surface area contributed by atoms with Crippen LogP contribution in [-0.2, 0) is 27.4 Å². The number of hydrogen-bond acceptors (Lipinski definition) is 5. The van der Waals surface area contributed by atoms with Crippen LogP contribution in [0.4, 0.5) is 5.69 Å². The smallest absolute Gasteiger partial charge is 0.261 e. The molecule has 37 heavy (non-hydrogen) atoms. The Bertz CT molecular complexity index is 1500. The Morgan fingerprint density at radius 1 is 1.00 bits per heavy atom. The van der Waals surface area contributed by atoms with E-state index in [9.17, 15) is 17.7 Å². The Kier molecular flexibility index (Phi) is 8.18. The van der Waals surface area contributed by atoms with Crippen LogP contribution in [0.3, 0.4) is 0 Å². The van der Waals surface area contributed by atoms with Gasteiger partial charge in [0.15, 0.2) is 0 Å². The van der Waals surface area contributed by atoms with E-state index in [4.69, 9.17) is 0 Å². The summed E-state index contributed by atoms with van der Waals surface area (Å²) in [7, 11) is -4.72. The first kappa shape index (κ1) is 27.1. The molecule has 7 nitrogen and oxygen atoms in total. The minimum absolute atomic E-state index is 0.181. The van der Waals surface area contributed by atoms with Crippen LogP contribution in [0.2, 0.25) is 0 Å². The van der Waals surface area contributed by atoms with Gasteiger partial charge in [0.05, 0.1) is 11.0 Å². The molecule has 0 amide bonds. The van der Waals surface area contributed by atoms with Gasteiger partial charge in [-0.15, -0.1) is 0 Å². The number of nitrogens with one attached hydrogen (secondary N) is 2. The van der Waals surface area contributed by atoms with Crippen molar-refractivity contribution in [3.63, 3.8) is 0 Å². The molecule has 9 heteroatoms. The number of aliphatic hydroxyl groups excluding tert-OH is 1. The predicted molar refractivity (Wildman–Crippen MR) is 150 cm³/mol. The molecule has 0 spiro atoms. The van der Waals surface area contributed by atoms with Crippen LogP contribution in [0.5, 0.6) is 0 Å². The molecule has 0 aliphatic carbocycles. The lowest BCUT2D eigenvalue weighted by molar-refractivity contribution is 0.158. The topological polar surface area (TPSA) is 100 Å². The first-order valence-electron chi connectivity index (χ1n) is 12.1. The predicted octanol–water partition coefficient (Wildman–Crippen LogP) is 4.67. The number of aromatic nitrogens is 1. The van der Waals surface area contributed by atoms with E-state index in [2.05, 4.69) is 28.5 Å². The molecular formula is C28H33N3O4S2. The summed E-state index contributed by atoms with van der Waals surface area (Å²) in [4.78, 5) is 0.999. The SMILES string of the molecule is CS(=O)c1ccc2c(ccn2CCC(C)(C)NC[C@H](O)c2cccc(NS(=O)(=O)c3ccccc3)c2)c1. The molecule has 3 N–H and O–H groups in total. The molecule has 3 aromatic carbocycles. The second-order valence-corrected chi connectivity index (χ2v) is 12.8. The van der Waals surface area contributed by atoms with Crippen LogP contribution < -0.4 is 10.0 Å². The minimum Gasteiger partial charge on any atom is -0.387 e. The van der Waals surface area contributed by atoms with Gasteiger partial charge in [-0.3, -0.25) is 8.93 Å². The van der Waals surface area contributed by atoms with Crippen molar-refractivity contribution in [3.05, 3.63) is 90.6 Å². The summed E-state index contributed by atoms with van der Waals surface area (Å²) >= 11 is 0. The van der Waals surface area contributed by atoms with Crippen molar-refractivity contribution in [2.24, 2.45) is 0 Å². The third-order valence-corrected chi connectivity index (χ3v) is 8.72. The number of anilines is 1. The molecule has 0 aliphatic heterocycles. The number of rotatable bonds is 11. The maximum atomic E-state index is 12.6. The molecule has 0 aliphatic rings. The Morgan fingerprint density at radius 2 is 1.76 bits per heavy atom. The fraction of sp³-hybridized carbons (Fsp3) is 0.286. The monoisotopic (exact) mass is 539 g/mol. The highest BCUT2D eigenvalue weighted by molar-refractivity contribution is 7.92. The van der Waals surface area contributed by atoms with Crippen LogP contribution in [0.25, 0.3) is 10.9 Å². The molecule has 1 heterocycles. The van der Waals surface area contributed by atoms with Crippen molar-refractivity contribution in [1.29, 1.82) is 0 Å². The highest BCUT2D eigenvalue weighted by Gasteiger charge is 2.20. The van der Waals surface area contributed by atoms with Crippen LogP contribution in [-0.4, -0.2) is 40.6 Å². The highest BCUT2D eigenvalue weighted by atomic mass is 32.2. The molecule has 4 aromatic rings. The normalized spacial score (nSPS) is 13.9. The van der Waals surface area contributed by atoms with Crippen molar-refractivity contribution in [2.45, 2.75) is 48.2 Å². The van der Waals surface area contributed by atoms with E-state index in [1.165, 1.54) is 12.1 Å². The van der Waals surface area contributed by atoms with Crippen molar-refractivity contribution in [3.8, 4) is 0 Å². The van der Waals surface area contributed by atoms with Crippen molar-refractivity contribution in [2.75, 3.05) is 17.5 Å². The van der Waals surface area contributed by atoms with Crippen LogP contribution >= 0.6 is 0 Å². The van der Waals surface area contributed by atoms with E-state index in [0.29, 0.717) is 17.8 Å². The zero-order chi connectivity index (χ0) is 26.6. The van der Waals surface area contributed by atoms with Crippen LogP contribution in [0.1, 0.15) is 31.9 Å².